The number of anilines is 1. The molecule has 2 N–H and O–H groups in total. The number of carbonyl (C=O) groups is 2. The first kappa shape index (κ1) is 20.3. The predicted octanol–water partition coefficient (Wildman–Crippen LogP) is 3.91. The molecule has 0 radical (unpaired) electrons. The molecule has 1 fully saturated rings. The van der Waals surface area contributed by atoms with E-state index < -0.39 is 5.41 Å². The van der Waals surface area contributed by atoms with E-state index in [1.165, 1.54) is 0 Å². The summed E-state index contributed by atoms with van der Waals surface area (Å²) in [6.45, 7) is 13.2. The number of benzene rings is 1. The largest absolute Gasteiger partial charge is 0.506 e. The minimum absolute atomic E-state index is 0.0637. The highest BCUT2D eigenvalue weighted by molar-refractivity contribution is 5.94. The lowest BCUT2D eigenvalue weighted by Crippen LogP contribution is -2.45. The zero-order valence-electron chi connectivity index (χ0n) is 16.8. The second-order valence-electron chi connectivity index (χ2n) is 9.29. The maximum atomic E-state index is 12.6. The molecule has 0 unspecified atom stereocenters. The lowest BCUT2D eigenvalue weighted by molar-refractivity contribution is -0.142. The van der Waals surface area contributed by atoms with Gasteiger partial charge in [-0.05, 0) is 36.0 Å². The highest BCUT2D eigenvalue weighted by atomic mass is 16.3. The molecule has 0 atom stereocenters. The number of amides is 2. The zero-order chi connectivity index (χ0) is 19.7. The van der Waals surface area contributed by atoms with Crippen LogP contribution >= 0.6 is 0 Å². The minimum Gasteiger partial charge on any atom is -0.506 e. The van der Waals surface area contributed by atoms with Crippen molar-refractivity contribution in [3.63, 3.8) is 0 Å². The number of phenolic OH excluding ortho intramolecular Hbond substituents is 1. The van der Waals surface area contributed by atoms with Crippen LogP contribution in [-0.4, -0.2) is 34.9 Å². The third-order valence-electron chi connectivity index (χ3n) is 4.92. The van der Waals surface area contributed by atoms with Gasteiger partial charge in [-0.2, -0.15) is 0 Å². The van der Waals surface area contributed by atoms with Crippen LogP contribution in [0.15, 0.2) is 18.2 Å². The molecule has 1 aliphatic heterocycles. The van der Waals surface area contributed by atoms with E-state index in [0.29, 0.717) is 31.6 Å². The van der Waals surface area contributed by atoms with E-state index in [4.69, 9.17) is 0 Å². The maximum absolute atomic E-state index is 12.6. The standard InChI is InChI=1S/C21H32N2O3/c1-20(2,3)15-7-8-17(24)16(13-15)22-18(25)14-9-11-23(12-10-14)19(26)21(4,5)6/h7-8,13-14,24H,9-12H2,1-6H3,(H,22,25). The van der Waals surface area contributed by atoms with Crippen molar-refractivity contribution >= 4 is 17.5 Å². The van der Waals surface area contributed by atoms with E-state index in [-0.39, 0.29) is 28.9 Å². The molecule has 26 heavy (non-hydrogen) atoms. The first-order valence-electron chi connectivity index (χ1n) is 9.33. The van der Waals surface area contributed by atoms with Crippen molar-refractivity contribution in [2.75, 3.05) is 18.4 Å². The van der Waals surface area contributed by atoms with Crippen molar-refractivity contribution in [3.05, 3.63) is 23.8 Å². The molecule has 1 aromatic carbocycles. The number of phenols is 1. The zero-order valence-corrected chi connectivity index (χ0v) is 16.8. The molecular formula is C21H32N2O3. The monoisotopic (exact) mass is 360 g/mol. The Labute approximate surface area is 156 Å². The van der Waals surface area contributed by atoms with Crippen LogP contribution in [0.1, 0.15) is 59.9 Å². The Kier molecular flexibility index (Phi) is 5.69. The molecule has 5 nitrogen and oxygen atoms in total. The Hall–Kier alpha value is -2.04. The van der Waals surface area contributed by atoms with Crippen molar-refractivity contribution in [3.8, 4) is 5.75 Å². The second-order valence-corrected chi connectivity index (χ2v) is 9.29. The van der Waals surface area contributed by atoms with Gasteiger partial charge in [0.25, 0.3) is 0 Å². The third kappa shape index (κ3) is 4.77. The number of piperidine rings is 1. The van der Waals surface area contributed by atoms with Gasteiger partial charge in [0, 0.05) is 24.4 Å². The fourth-order valence-corrected chi connectivity index (χ4v) is 3.16. The summed E-state index contributed by atoms with van der Waals surface area (Å²) in [5.41, 5.74) is 1.05. The number of aromatic hydroxyl groups is 1. The van der Waals surface area contributed by atoms with Crippen LogP contribution in [0.4, 0.5) is 5.69 Å². The molecule has 1 heterocycles. The van der Waals surface area contributed by atoms with E-state index in [9.17, 15) is 14.7 Å². The van der Waals surface area contributed by atoms with E-state index in [0.717, 1.165) is 5.56 Å². The van der Waals surface area contributed by atoms with Crippen molar-refractivity contribution in [2.45, 2.75) is 59.8 Å². The van der Waals surface area contributed by atoms with E-state index in [1.54, 1.807) is 6.07 Å². The Morgan fingerprint density at radius 3 is 2.15 bits per heavy atom. The van der Waals surface area contributed by atoms with E-state index >= 15 is 0 Å². The fourth-order valence-electron chi connectivity index (χ4n) is 3.16. The van der Waals surface area contributed by atoms with Gasteiger partial charge in [0.2, 0.25) is 11.8 Å². The summed E-state index contributed by atoms with van der Waals surface area (Å²) in [4.78, 5) is 26.8. The molecule has 1 saturated heterocycles. The molecule has 2 amide bonds. The number of likely N-dealkylation sites (tertiary alicyclic amines) is 1. The quantitative estimate of drug-likeness (QED) is 0.786. The summed E-state index contributed by atoms with van der Waals surface area (Å²) in [5.74, 6) is -0.0236. The van der Waals surface area contributed by atoms with Gasteiger partial charge in [0.05, 0.1) is 5.69 Å². The van der Waals surface area contributed by atoms with Crippen molar-refractivity contribution in [1.82, 2.24) is 4.90 Å². The number of carbonyl (C=O) groups excluding carboxylic acids is 2. The Morgan fingerprint density at radius 1 is 1.08 bits per heavy atom. The first-order chi connectivity index (χ1) is 11.9. The van der Waals surface area contributed by atoms with E-state index in [1.807, 2.05) is 37.8 Å². The van der Waals surface area contributed by atoms with Crippen LogP contribution in [0.3, 0.4) is 0 Å². The smallest absolute Gasteiger partial charge is 0.227 e. The molecule has 1 aliphatic rings. The highest BCUT2D eigenvalue weighted by Crippen LogP contribution is 2.32. The highest BCUT2D eigenvalue weighted by Gasteiger charge is 2.32. The van der Waals surface area contributed by atoms with Crippen molar-refractivity contribution in [2.24, 2.45) is 11.3 Å². The van der Waals surface area contributed by atoms with Gasteiger partial charge in [-0.3, -0.25) is 9.59 Å². The van der Waals surface area contributed by atoms with Crippen LogP contribution in [0.5, 0.6) is 5.75 Å². The van der Waals surface area contributed by atoms with Crippen molar-refractivity contribution in [1.29, 1.82) is 0 Å². The topological polar surface area (TPSA) is 69.6 Å². The number of hydrogen-bond donors (Lipinski definition) is 2. The Morgan fingerprint density at radius 2 is 1.65 bits per heavy atom. The molecule has 0 aromatic heterocycles. The third-order valence-corrected chi connectivity index (χ3v) is 4.92. The predicted molar refractivity (Wildman–Crippen MR) is 104 cm³/mol. The van der Waals surface area contributed by atoms with Crippen LogP contribution < -0.4 is 5.32 Å². The second kappa shape index (κ2) is 7.29. The summed E-state index contributed by atoms with van der Waals surface area (Å²) >= 11 is 0. The van der Waals surface area contributed by atoms with Crippen LogP contribution in [0.25, 0.3) is 0 Å². The van der Waals surface area contributed by atoms with Crippen LogP contribution in [0, 0.1) is 11.3 Å². The van der Waals surface area contributed by atoms with Gasteiger partial charge in [-0.1, -0.05) is 47.6 Å². The SMILES string of the molecule is CC(C)(C)C(=O)N1CCC(C(=O)Nc2cc(C(C)(C)C)ccc2O)CC1. The molecular weight excluding hydrogens is 328 g/mol. The number of nitrogens with one attached hydrogen (secondary N) is 1. The molecule has 1 aromatic rings. The molecule has 144 valence electrons. The summed E-state index contributed by atoms with van der Waals surface area (Å²) in [7, 11) is 0. The maximum Gasteiger partial charge on any atom is 0.227 e. The van der Waals surface area contributed by atoms with Gasteiger partial charge >= 0.3 is 0 Å². The van der Waals surface area contributed by atoms with Crippen molar-refractivity contribution < 1.29 is 14.7 Å². The summed E-state index contributed by atoms with van der Waals surface area (Å²) in [6.07, 6.45) is 1.29. The Balaban J connectivity index is 2.01. The minimum atomic E-state index is -0.395. The van der Waals surface area contributed by atoms with Gasteiger partial charge in [0.15, 0.2) is 0 Å². The van der Waals surface area contributed by atoms with Gasteiger partial charge in [0.1, 0.15) is 5.75 Å². The summed E-state index contributed by atoms with van der Waals surface area (Å²) < 4.78 is 0. The number of nitrogens with zero attached hydrogens (tertiary/aromatic N) is 1. The molecule has 2 rings (SSSR count). The van der Waals surface area contributed by atoms with Crippen LogP contribution in [0.2, 0.25) is 0 Å². The average Bonchev–Trinajstić information content (AvgIpc) is 2.54. The normalized spacial score (nSPS) is 16.5. The Bertz CT molecular complexity index is 675. The number of rotatable bonds is 2. The molecule has 5 heteroatoms. The van der Waals surface area contributed by atoms with Crippen LogP contribution in [-0.2, 0) is 15.0 Å². The summed E-state index contributed by atoms with van der Waals surface area (Å²) in [6, 6.07) is 5.34. The van der Waals surface area contributed by atoms with Gasteiger partial charge < -0.3 is 15.3 Å². The summed E-state index contributed by atoms with van der Waals surface area (Å²) in [5, 5.41) is 13.0. The molecule has 0 aliphatic carbocycles. The molecule has 0 bridgehead atoms. The first-order valence-corrected chi connectivity index (χ1v) is 9.33. The number of hydrogen-bond acceptors (Lipinski definition) is 3. The lowest BCUT2D eigenvalue weighted by Gasteiger charge is -2.35. The van der Waals surface area contributed by atoms with E-state index in [2.05, 4.69) is 26.1 Å². The lowest BCUT2D eigenvalue weighted by atomic mass is 9.86. The average molecular weight is 360 g/mol. The molecule has 0 spiro atoms. The van der Waals surface area contributed by atoms with Gasteiger partial charge in [-0.25, -0.2) is 0 Å². The molecule has 0 saturated carbocycles. The fraction of sp³-hybridized carbons (Fsp3) is 0.619. The van der Waals surface area contributed by atoms with Gasteiger partial charge in [-0.15, -0.1) is 0 Å².